The Morgan fingerprint density at radius 2 is 2.11 bits per heavy atom. The lowest BCUT2D eigenvalue weighted by atomic mass is 10.0. The highest BCUT2D eigenvalue weighted by Gasteiger charge is 2.29. The molecule has 0 unspecified atom stereocenters. The molecular formula is C18H28N4O4S. The van der Waals surface area contributed by atoms with E-state index in [4.69, 9.17) is 4.74 Å². The van der Waals surface area contributed by atoms with E-state index in [1.807, 2.05) is 26.8 Å². The standard InChI is InChI=1S/C18H28N4O4S/c1-5-12(3)16(18(23)26-6-2)22-27(24,25)11-7-8-14-17-15(9-10-19-14)20-13(4)21-17/h9-10,12,16,22H,5-8,11H2,1-4H3,(H,20,21)/t12-,16-/m0/s1. The number of ether oxygens (including phenoxy) is 1. The summed E-state index contributed by atoms with van der Waals surface area (Å²) in [5.74, 6) is 0.00960. The lowest BCUT2D eigenvalue weighted by Crippen LogP contribution is -2.46. The molecule has 0 saturated carbocycles. The van der Waals surface area contributed by atoms with Gasteiger partial charge in [-0.1, -0.05) is 20.3 Å². The second-order valence-corrected chi connectivity index (χ2v) is 8.51. The van der Waals surface area contributed by atoms with E-state index >= 15 is 0 Å². The minimum atomic E-state index is -3.62. The van der Waals surface area contributed by atoms with Crippen molar-refractivity contribution in [3.8, 4) is 0 Å². The summed E-state index contributed by atoms with van der Waals surface area (Å²) in [5.41, 5.74) is 2.41. The molecule has 0 radical (unpaired) electrons. The number of nitrogens with one attached hydrogen (secondary N) is 2. The van der Waals surface area contributed by atoms with Crippen molar-refractivity contribution in [2.24, 2.45) is 5.92 Å². The zero-order chi connectivity index (χ0) is 20.0. The van der Waals surface area contributed by atoms with Gasteiger partial charge in [0.1, 0.15) is 17.4 Å². The molecule has 0 spiro atoms. The lowest BCUT2D eigenvalue weighted by Gasteiger charge is -2.22. The number of sulfonamides is 1. The molecule has 0 amide bonds. The molecule has 0 saturated heterocycles. The summed E-state index contributed by atoms with van der Waals surface area (Å²) in [6.45, 7) is 7.51. The van der Waals surface area contributed by atoms with Crippen molar-refractivity contribution >= 4 is 27.0 Å². The number of hydrogen-bond acceptors (Lipinski definition) is 6. The third kappa shape index (κ3) is 5.74. The van der Waals surface area contributed by atoms with Crippen molar-refractivity contribution in [3.63, 3.8) is 0 Å². The zero-order valence-electron chi connectivity index (χ0n) is 16.3. The molecule has 27 heavy (non-hydrogen) atoms. The predicted octanol–water partition coefficient (Wildman–Crippen LogP) is 2.10. The minimum absolute atomic E-state index is 0.0964. The van der Waals surface area contributed by atoms with Gasteiger partial charge in [0.2, 0.25) is 10.0 Å². The molecule has 0 aliphatic heterocycles. The van der Waals surface area contributed by atoms with Gasteiger partial charge < -0.3 is 9.72 Å². The molecule has 2 atom stereocenters. The first-order valence-electron chi connectivity index (χ1n) is 9.24. The third-order valence-corrected chi connectivity index (χ3v) is 5.92. The van der Waals surface area contributed by atoms with Crippen LogP contribution in [0.3, 0.4) is 0 Å². The summed E-state index contributed by atoms with van der Waals surface area (Å²) in [5, 5.41) is 0. The Bertz CT molecular complexity index is 879. The molecule has 9 heteroatoms. The van der Waals surface area contributed by atoms with Crippen LogP contribution in [0.1, 0.15) is 45.1 Å². The van der Waals surface area contributed by atoms with Crippen LogP contribution in [-0.4, -0.2) is 47.7 Å². The number of nitrogens with zero attached hydrogens (tertiary/aromatic N) is 2. The number of pyridine rings is 1. The van der Waals surface area contributed by atoms with E-state index in [0.717, 1.165) is 22.6 Å². The molecule has 0 aliphatic rings. The number of rotatable bonds is 10. The van der Waals surface area contributed by atoms with E-state index < -0.39 is 22.0 Å². The molecule has 8 nitrogen and oxygen atoms in total. The van der Waals surface area contributed by atoms with E-state index in [-0.39, 0.29) is 18.3 Å². The van der Waals surface area contributed by atoms with Gasteiger partial charge in [-0.3, -0.25) is 9.78 Å². The number of esters is 1. The summed E-state index contributed by atoms with van der Waals surface area (Å²) in [6.07, 6.45) is 3.21. The van der Waals surface area contributed by atoms with Gasteiger partial charge in [0.05, 0.1) is 23.6 Å². The van der Waals surface area contributed by atoms with Crippen molar-refractivity contribution in [1.29, 1.82) is 0 Å². The van der Waals surface area contributed by atoms with Gasteiger partial charge in [0.15, 0.2) is 0 Å². The number of hydrogen-bond donors (Lipinski definition) is 2. The Kier molecular flexibility index (Phi) is 7.32. The maximum absolute atomic E-state index is 12.5. The second kappa shape index (κ2) is 9.27. The average molecular weight is 397 g/mol. The van der Waals surface area contributed by atoms with Crippen LogP contribution in [0.4, 0.5) is 0 Å². The van der Waals surface area contributed by atoms with Crippen LogP contribution >= 0.6 is 0 Å². The Balaban J connectivity index is 2.01. The van der Waals surface area contributed by atoms with Gasteiger partial charge in [0, 0.05) is 6.20 Å². The molecule has 2 heterocycles. The summed E-state index contributed by atoms with van der Waals surface area (Å²) in [4.78, 5) is 24.0. The summed E-state index contributed by atoms with van der Waals surface area (Å²) < 4.78 is 32.5. The van der Waals surface area contributed by atoms with E-state index in [2.05, 4.69) is 19.7 Å². The van der Waals surface area contributed by atoms with Gasteiger partial charge in [-0.2, -0.15) is 0 Å². The molecule has 0 bridgehead atoms. The first-order valence-corrected chi connectivity index (χ1v) is 10.9. The quantitative estimate of drug-likeness (QED) is 0.595. The summed E-state index contributed by atoms with van der Waals surface area (Å²) in [6, 6.07) is 0.975. The predicted molar refractivity (Wildman–Crippen MR) is 104 cm³/mol. The number of aryl methyl sites for hydroxylation is 2. The first-order chi connectivity index (χ1) is 12.8. The normalized spacial score (nSPS) is 14.2. The number of imidazole rings is 1. The molecule has 2 aromatic rings. The average Bonchev–Trinajstić information content (AvgIpc) is 3.00. The second-order valence-electron chi connectivity index (χ2n) is 6.63. The Hall–Kier alpha value is -2.00. The number of fused-ring (bicyclic) bond motifs is 1. The van der Waals surface area contributed by atoms with Gasteiger partial charge in [0.25, 0.3) is 0 Å². The smallest absolute Gasteiger partial charge is 0.324 e. The molecule has 0 aromatic carbocycles. The van der Waals surface area contributed by atoms with Gasteiger partial charge in [-0.15, -0.1) is 0 Å². The maximum atomic E-state index is 12.5. The summed E-state index contributed by atoms with van der Waals surface area (Å²) >= 11 is 0. The van der Waals surface area contributed by atoms with Gasteiger partial charge in [-0.05, 0) is 38.7 Å². The fourth-order valence-electron chi connectivity index (χ4n) is 2.84. The first kappa shape index (κ1) is 21.3. The molecular weight excluding hydrogens is 368 g/mol. The van der Waals surface area contributed by atoms with Crippen LogP contribution in [0.2, 0.25) is 0 Å². The fraction of sp³-hybridized carbons (Fsp3) is 0.611. The third-order valence-electron chi connectivity index (χ3n) is 4.48. The minimum Gasteiger partial charge on any atom is -0.465 e. The van der Waals surface area contributed by atoms with Crippen LogP contribution in [0.25, 0.3) is 11.0 Å². The molecule has 0 aliphatic carbocycles. The van der Waals surface area contributed by atoms with Crippen molar-refractivity contribution in [2.75, 3.05) is 12.4 Å². The van der Waals surface area contributed by atoms with Crippen molar-refractivity contribution in [3.05, 3.63) is 23.8 Å². The van der Waals surface area contributed by atoms with Gasteiger partial charge >= 0.3 is 5.97 Å². The highest BCUT2D eigenvalue weighted by Crippen LogP contribution is 2.16. The van der Waals surface area contributed by atoms with Gasteiger partial charge in [-0.25, -0.2) is 18.1 Å². The van der Waals surface area contributed by atoms with E-state index in [9.17, 15) is 13.2 Å². The maximum Gasteiger partial charge on any atom is 0.324 e. The number of aromatic amines is 1. The molecule has 0 fully saturated rings. The highest BCUT2D eigenvalue weighted by molar-refractivity contribution is 7.89. The molecule has 2 aromatic heterocycles. The zero-order valence-corrected chi connectivity index (χ0v) is 17.1. The Morgan fingerprint density at radius 3 is 2.78 bits per heavy atom. The van der Waals surface area contributed by atoms with E-state index in [0.29, 0.717) is 19.3 Å². The van der Waals surface area contributed by atoms with Crippen LogP contribution in [0.5, 0.6) is 0 Å². The number of aromatic nitrogens is 3. The number of carbonyl (C=O) groups excluding carboxylic acids is 1. The van der Waals surface area contributed by atoms with Crippen LogP contribution in [-0.2, 0) is 26.0 Å². The Labute approximate surface area is 160 Å². The van der Waals surface area contributed by atoms with Crippen molar-refractivity contribution in [2.45, 2.75) is 53.0 Å². The van der Waals surface area contributed by atoms with Crippen molar-refractivity contribution < 1.29 is 17.9 Å². The highest BCUT2D eigenvalue weighted by atomic mass is 32.2. The Morgan fingerprint density at radius 1 is 1.37 bits per heavy atom. The van der Waals surface area contributed by atoms with E-state index in [1.165, 1.54) is 0 Å². The summed E-state index contributed by atoms with van der Waals surface area (Å²) in [7, 11) is -3.62. The van der Waals surface area contributed by atoms with E-state index in [1.54, 1.807) is 13.1 Å². The monoisotopic (exact) mass is 396 g/mol. The largest absolute Gasteiger partial charge is 0.465 e. The van der Waals surface area contributed by atoms with Crippen LogP contribution < -0.4 is 4.72 Å². The lowest BCUT2D eigenvalue weighted by molar-refractivity contribution is -0.146. The van der Waals surface area contributed by atoms with Crippen LogP contribution in [0, 0.1) is 12.8 Å². The molecule has 150 valence electrons. The fourth-order valence-corrected chi connectivity index (χ4v) is 4.20. The SMILES string of the molecule is CCOC(=O)[C@@H](NS(=O)(=O)CCCc1nccc2[nH]c(C)nc12)[C@@H](C)CC. The number of carbonyl (C=O) groups is 1. The van der Waals surface area contributed by atoms with Crippen LogP contribution in [0.15, 0.2) is 12.3 Å². The molecule has 2 N–H and O–H groups in total. The topological polar surface area (TPSA) is 114 Å². The number of H-pyrrole nitrogens is 1. The molecule has 2 rings (SSSR count). The van der Waals surface area contributed by atoms with Crippen molar-refractivity contribution in [1.82, 2.24) is 19.7 Å².